The van der Waals surface area contributed by atoms with Gasteiger partial charge in [0, 0.05) is 51.6 Å². The van der Waals surface area contributed by atoms with Crippen LogP contribution in [0, 0.1) is 0 Å². The summed E-state index contributed by atoms with van der Waals surface area (Å²) in [5.41, 5.74) is 2.98. The number of Topliss-reactive ketones (excluding diaryl/α,β-unsaturated/α-hetero) is 1. The van der Waals surface area contributed by atoms with E-state index in [1.807, 2.05) is 30.3 Å². The third kappa shape index (κ3) is 3.40. The van der Waals surface area contributed by atoms with Crippen LogP contribution in [-0.2, 0) is 16.1 Å². The lowest BCUT2D eigenvalue weighted by atomic mass is 9.95. The number of amides is 1. The molecule has 1 atom stereocenters. The molecule has 1 amide bonds. The second-order valence-corrected chi connectivity index (χ2v) is 8.50. The van der Waals surface area contributed by atoms with Crippen molar-refractivity contribution in [3.05, 3.63) is 106 Å². The molecule has 1 unspecified atom stereocenters. The van der Waals surface area contributed by atoms with Gasteiger partial charge in [-0.3, -0.25) is 14.6 Å². The molecule has 0 radical (unpaired) electrons. The number of carbonyl (C=O) groups is 2. The first kappa shape index (κ1) is 20.2. The van der Waals surface area contributed by atoms with Crippen molar-refractivity contribution in [3.63, 3.8) is 0 Å². The molecule has 1 aliphatic heterocycles. The van der Waals surface area contributed by atoms with E-state index >= 15 is 0 Å². The number of nitrogens with one attached hydrogen (secondary N) is 1. The van der Waals surface area contributed by atoms with Gasteiger partial charge in [0.15, 0.2) is 0 Å². The molecule has 2 N–H and O–H groups in total. The molecule has 6 nitrogen and oxygen atoms in total. The number of aromatic nitrogens is 2. The number of aromatic amines is 1. The Morgan fingerprint density at radius 3 is 2.59 bits per heavy atom. The number of pyridine rings is 1. The number of fused-ring (bicyclic) bond motifs is 1. The quantitative estimate of drug-likeness (QED) is 0.242. The molecule has 0 saturated carbocycles. The molecule has 5 rings (SSSR count). The van der Waals surface area contributed by atoms with Gasteiger partial charge in [-0.05, 0) is 29.8 Å². The number of nitrogens with zero attached hydrogens (tertiary/aromatic N) is 2. The number of likely N-dealkylation sites (tertiary alicyclic amines) is 1. The fourth-order valence-corrected chi connectivity index (χ4v) is 4.40. The Balaban J connectivity index is 1.71. The smallest absolute Gasteiger partial charge is 0.295 e. The summed E-state index contributed by atoms with van der Waals surface area (Å²) < 4.78 is 0.847. The first-order chi connectivity index (χ1) is 15.5. The number of ketones is 1. The van der Waals surface area contributed by atoms with Crippen LogP contribution in [0.4, 0.5) is 0 Å². The average molecular weight is 488 g/mol. The van der Waals surface area contributed by atoms with Gasteiger partial charge in [-0.25, -0.2) is 0 Å². The molecule has 158 valence electrons. The normalized spacial score (nSPS) is 17.9. The molecular formula is C25H18BrN3O3. The Bertz CT molecular complexity index is 1360. The lowest BCUT2D eigenvalue weighted by molar-refractivity contribution is -0.140. The highest BCUT2D eigenvalue weighted by atomic mass is 79.9. The van der Waals surface area contributed by atoms with Crippen LogP contribution in [0.25, 0.3) is 16.7 Å². The van der Waals surface area contributed by atoms with Crippen molar-refractivity contribution < 1.29 is 14.7 Å². The maximum absolute atomic E-state index is 13.2. The van der Waals surface area contributed by atoms with Crippen molar-refractivity contribution in [1.29, 1.82) is 0 Å². The fourth-order valence-electron chi connectivity index (χ4n) is 4.14. The van der Waals surface area contributed by atoms with Crippen LogP contribution in [0.3, 0.4) is 0 Å². The van der Waals surface area contributed by atoms with Gasteiger partial charge >= 0.3 is 0 Å². The number of hydrogen-bond donors (Lipinski definition) is 2. The minimum atomic E-state index is -0.741. The maximum Gasteiger partial charge on any atom is 0.295 e. The molecule has 1 aliphatic rings. The fraction of sp³-hybridized carbons (Fsp3) is 0.0800. The summed E-state index contributed by atoms with van der Waals surface area (Å²) in [5.74, 6) is -1.55. The largest absolute Gasteiger partial charge is 0.507 e. The topological polar surface area (TPSA) is 86.3 Å². The van der Waals surface area contributed by atoms with Crippen LogP contribution in [-0.4, -0.2) is 31.7 Å². The highest BCUT2D eigenvalue weighted by molar-refractivity contribution is 9.10. The molecule has 3 heterocycles. The Labute approximate surface area is 192 Å². The zero-order valence-corrected chi connectivity index (χ0v) is 18.4. The lowest BCUT2D eigenvalue weighted by Crippen LogP contribution is -2.29. The summed E-state index contributed by atoms with van der Waals surface area (Å²) in [6, 6.07) is 17.6. The maximum atomic E-state index is 13.2. The van der Waals surface area contributed by atoms with Crippen molar-refractivity contribution in [2.45, 2.75) is 12.6 Å². The monoisotopic (exact) mass is 487 g/mol. The van der Waals surface area contributed by atoms with Gasteiger partial charge in [-0.15, -0.1) is 0 Å². The summed E-state index contributed by atoms with van der Waals surface area (Å²) in [6.07, 6.45) is 5.12. The van der Waals surface area contributed by atoms with Crippen molar-refractivity contribution >= 4 is 44.3 Å². The number of rotatable bonds is 4. The van der Waals surface area contributed by atoms with Crippen LogP contribution in [0.1, 0.15) is 22.7 Å². The van der Waals surface area contributed by atoms with Gasteiger partial charge in [0.1, 0.15) is 5.76 Å². The van der Waals surface area contributed by atoms with Crippen LogP contribution >= 0.6 is 15.9 Å². The molecule has 4 aromatic rings. The summed E-state index contributed by atoms with van der Waals surface area (Å²) in [4.78, 5) is 35.2. The Morgan fingerprint density at radius 1 is 1.06 bits per heavy atom. The standard InChI is InChI=1S/C25H18BrN3O3/c26-17-9-7-16(8-10-17)23(30)21-22(19-13-28-20-6-2-1-5-18(19)20)29(25(32)24(21)31)14-15-4-3-11-27-12-15/h1-13,22,28,30H,14H2/b23-21+. The second kappa shape index (κ2) is 8.09. The van der Waals surface area contributed by atoms with Crippen molar-refractivity contribution in [3.8, 4) is 0 Å². The predicted octanol–water partition coefficient (Wildman–Crippen LogP) is 4.95. The molecule has 2 aromatic carbocycles. The molecule has 0 spiro atoms. The second-order valence-electron chi connectivity index (χ2n) is 7.58. The number of aliphatic hydroxyl groups is 1. The van der Waals surface area contributed by atoms with E-state index in [1.165, 1.54) is 4.90 Å². The Hall–Kier alpha value is -3.71. The number of halogens is 1. The number of benzene rings is 2. The highest BCUT2D eigenvalue weighted by Crippen LogP contribution is 2.42. The number of hydrogen-bond acceptors (Lipinski definition) is 4. The minimum Gasteiger partial charge on any atom is -0.507 e. The minimum absolute atomic E-state index is 0.0750. The SMILES string of the molecule is O=C1C(=O)N(Cc2cccnc2)C(c2c[nH]c3ccccc23)/C1=C(\O)c1ccc(Br)cc1. The van der Waals surface area contributed by atoms with Crippen molar-refractivity contribution in [1.82, 2.24) is 14.9 Å². The number of H-pyrrole nitrogens is 1. The first-order valence-corrected chi connectivity index (χ1v) is 10.8. The highest BCUT2D eigenvalue weighted by Gasteiger charge is 2.46. The lowest BCUT2D eigenvalue weighted by Gasteiger charge is -2.25. The third-order valence-corrected chi connectivity index (χ3v) is 6.18. The number of para-hydroxylation sites is 1. The third-order valence-electron chi connectivity index (χ3n) is 5.65. The van der Waals surface area contributed by atoms with Crippen molar-refractivity contribution in [2.24, 2.45) is 0 Å². The van der Waals surface area contributed by atoms with E-state index in [-0.39, 0.29) is 17.9 Å². The van der Waals surface area contributed by atoms with Crippen LogP contribution in [0.5, 0.6) is 0 Å². The summed E-state index contributed by atoms with van der Waals surface area (Å²) in [7, 11) is 0. The zero-order chi connectivity index (χ0) is 22.2. The van der Waals surface area contributed by atoms with E-state index in [0.717, 1.165) is 26.5 Å². The van der Waals surface area contributed by atoms with E-state index in [0.29, 0.717) is 5.56 Å². The zero-order valence-electron chi connectivity index (χ0n) is 16.8. The number of aliphatic hydroxyl groups excluding tert-OH is 1. The predicted molar refractivity (Wildman–Crippen MR) is 125 cm³/mol. The van der Waals surface area contributed by atoms with Crippen LogP contribution in [0.2, 0.25) is 0 Å². The molecule has 2 aromatic heterocycles. The van der Waals surface area contributed by atoms with Crippen LogP contribution < -0.4 is 0 Å². The van der Waals surface area contributed by atoms with Gasteiger partial charge in [-0.2, -0.15) is 0 Å². The first-order valence-electron chi connectivity index (χ1n) is 10.0. The average Bonchev–Trinajstić information content (AvgIpc) is 3.34. The van der Waals surface area contributed by atoms with E-state index < -0.39 is 17.7 Å². The van der Waals surface area contributed by atoms with Gasteiger partial charge in [-0.1, -0.05) is 52.3 Å². The molecule has 32 heavy (non-hydrogen) atoms. The van der Waals surface area contributed by atoms with Crippen molar-refractivity contribution in [2.75, 3.05) is 0 Å². The van der Waals surface area contributed by atoms with Gasteiger partial charge in [0.05, 0.1) is 11.6 Å². The molecule has 1 saturated heterocycles. The number of carbonyl (C=O) groups excluding carboxylic acids is 2. The molecule has 0 aliphatic carbocycles. The Morgan fingerprint density at radius 2 is 1.84 bits per heavy atom. The van der Waals surface area contributed by atoms with Gasteiger partial charge in [0.25, 0.3) is 11.7 Å². The summed E-state index contributed by atoms with van der Waals surface area (Å²) in [5, 5.41) is 12.1. The summed E-state index contributed by atoms with van der Waals surface area (Å²) in [6.45, 7) is 0.194. The van der Waals surface area contributed by atoms with Crippen LogP contribution in [0.15, 0.2) is 89.3 Å². The van der Waals surface area contributed by atoms with E-state index in [4.69, 9.17) is 0 Å². The van der Waals surface area contributed by atoms with E-state index in [9.17, 15) is 14.7 Å². The van der Waals surface area contributed by atoms with E-state index in [1.54, 1.807) is 48.9 Å². The molecule has 7 heteroatoms. The van der Waals surface area contributed by atoms with Gasteiger partial charge < -0.3 is 15.0 Å². The van der Waals surface area contributed by atoms with E-state index in [2.05, 4.69) is 25.9 Å². The molecular weight excluding hydrogens is 470 g/mol. The molecule has 0 bridgehead atoms. The molecule has 1 fully saturated rings. The Kier molecular flexibility index (Phi) is 5.11. The van der Waals surface area contributed by atoms with Gasteiger partial charge in [0.2, 0.25) is 0 Å². The summed E-state index contributed by atoms with van der Waals surface area (Å²) >= 11 is 3.38.